The molecule has 1 aromatic heterocycles. The lowest BCUT2D eigenvalue weighted by Gasteiger charge is -2.26. The van der Waals surface area contributed by atoms with Gasteiger partial charge in [-0.25, -0.2) is 0 Å². The van der Waals surface area contributed by atoms with Gasteiger partial charge in [0.25, 0.3) is 0 Å². The fourth-order valence-electron chi connectivity index (χ4n) is 2.55. The summed E-state index contributed by atoms with van der Waals surface area (Å²) in [6.45, 7) is 8.01. The number of nitrogens with two attached hydrogens (primary N) is 1. The Bertz CT molecular complexity index is 475. The quantitative estimate of drug-likeness (QED) is 0.640. The second kappa shape index (κ2) is 6.25. The van der Waals surface area contributed by atoms with E-state index in [9.17, 15) is 0 Å². The molecule has 1 fully saturated rings. The van der Waals surface area contributed by atoms with E-state index in [0.717, 1.165) is 18.2 Å². The molecule has 0 radical (unpaired) electrons. The van der Waals surface area contributed by atoms with Crippen LogP contribution in [0.3, 0.4) is 0 Å². The normalized spacial score (nSPS) is 16.9. The van der Waals surface area contributed by atoms with Gasteiger partial charge < -0.3 is 11.1 Å². The largest absolute Gasteiger partial charge is 0.370 e. The van der Waals surface area contributed by atoms with Gasteiger partial charge >= 0.3 is 0 Å². The summed E-state index contributed by atoms with van der Waals surface area (Å²) in [4.78, 5) is 8.98. The Morgan fingerprint density at radius 1 is 1.50 bits per heavy atom. The van der Waals surface area contributed by atoms with Gasteiger partial charge in [-0.2, -0.15) is 0 Å². The molecule has 0 aliphatic heterocycles. The molecule has 1 aliphatic carbocycles. The highest BCUT2D eigenvalue weighted by Crippen LogP contribution is 2.25. The van der Waals surface area contributed by atoms with E-state index in [0.29, 0.717) is 12.5 Å². The lowest BCUT2D eigenvalue weighted by atomic mass is 9.85. The molecule has 1 aliphatic rings. The minimum atomic E-state index is -0.103. The van der Waals surface area contributed by atoms with Crippen molar-refractivity contribution in [1.82, 2.24) is 10.3 Å². The van der Waals surface area contributed by atoms with Crippen LogP contribution in [0.4, 0.5) is 0 Å². The minimum absolute atomic E-state index is 0.103. The third kappa shape index (κ3) is 3.71. The molecule has 0 spiro atoms. The lowest BCUT2D eigenvalue weighted by molar-refractivity contribution is 0.315. The second-order valence-electron chi connectivity index (χ2n) is 6.43. The van der Waals surface area contributed by atoms with E-state index in [-0.39, 0.29) is 5.41 Å². The molecule has 0 aromatic carbocycles. The van der Waals surface area contributed by atoms with Crippen molar-refractivity contribution >= 4 is 5.96 Å². The van der Waals surface area contributed by atoms with Crippen LogP contribution < -0.4 is 11.1 Å². The zero-order valence-electron chi connectivity index (χ0n) is 12.8. The van der Waals surface area contributed by atoms with E-state index in [2.05, 4.69) is 42.1 Å². The van der Waals surface area contributed by atoms with Crippen molar-refractivity contribution in [2.24, 2.45) is 16.6 Å². The molecule has 3 N–H and O–H groups in total. The maximum absolute atomic E-state index is 5.94. The smallest absolute Gasteiger partial charge is 0.188 e. The van der Waals surface area contributed by atoms with Crippen LogP contribution in [0.25, 0.3) is 0 Å². The minimum Gasteiger partial charge on any atom is -0.370 e. The second-order valence-corrected chi connectivity index (χ2v) is 6.43. The fourth-order valence-corrected chi connectivity index (χ4v) is 2.55. The molecule has 20 heavy (non-hydrogen) atoms. The zero-order chi connectivity index (χ0) is 14.6. The Labute approximate surface area is 121 Å². The van der Waals surface area contributed by atoms with Crippen molar-refractivity contribution in [1.29, 1.82) is 0 Å². The summed E-state index contributed by atoms with van der Waals surface area (Å²) < 4.78 is 0. The number of pyridine rings is 1. The van der Waals surface area contributed by atoms with Crippen molar-refractivity contribution in [3.8, 4) is 0 Å². The number of rotatable bonds is 5. The summed E-state index contributed by atoms with van der Waals surface area (Å²) in [6, 6.07) is 4.05. The Kier molecular flexibility index (Phi) is 4.63. The van der Waals surface area contributed by atoms with E-state index >= 15 is 0 Å². The first-order valence-electron chi connectivity index (χ1n) is 7.45. The van der Waals surface area contributed by atoms with Gasteiger partial charge in [0.05, 0.1) is 12.2 Å². The number of nitrogens with zero attached hydrogens (tertiary/aromatic N) is 2. The first kappa shape index (κ1) is 14.8. The molecular formula is C16H26N4. The van der Waals surface area contributed by atoms with Gasteiger partial charge in [-0.3, -0.25) is 9.98 Å². The molecule has 4 nitrogen and oxygen atoms in total. The van der Waals surface area contributed by atoms with Gasteiger partial charge in [0.15, 0.2) is 5.96 Å². The molecular weight excluding hydrogens is 248 g/mol. The lowest BCUT2D eigenvalue weighted by Crippen LogP contribution is -2.38. The van der Waals surface area contributed by atoms with Crippen LogP contribution in [0.1, 0.15) is 44.4 Å². The van der Waals surface area contributed by atoms with Crippen molar-refractivity contribution in [2.45, 2.75) is 45.4 Å². The molecule has 0 amide bonds. The topological polar surface area (TPSA) is 63.3 Å². The van der Waals surface area contributed by atoms with Gasteiger partial charge in [-0.1, -0.05) is 26.3 Å². The van der Waals surface area contributed by atoms with E-state index in [4.69, 9.17) is 5.73 Å². The Balaban J connectivity index is 1.91. The third-order valence-corrected chi connectivity index (χ3v) is 4.09. The van der Waals surface area contributed by atoms with E-state index < -0.39 is 0 Å². The van der Waals surface area contributed by atoms with E-state index in [1.54, 1.807) is 0 Å². The molecule has 1 heterocycles. The summed E-state index contributed by atoms with van der Waals surface area (Å²) in [5, 5.41) is 3.23. The van der Waals surface area contributed by atoms with Gasteiger partial charge in [-0.05, 0) is 37.3 Å². The highest BCUT2D eigenvalue weighted by molar-refractivity contribution is 5.77. The molecule has 110 valence electrons. The van der Waals surface area contributed by atoms with Gasteiger partial charge in [0.2, 0.25) is 0 Å². The molecule has 2 rings (SSSR count). The highest BCUT2D eigenvalue weighted by atomic mass is 15.1. The maximum Gasteiger partial charge on any atom is 0.188 e. The van der Waals surface area contributed by atoms with Crippen LogP contribution in [-0.2, 0) is 5.41 Å². The number of aryl methyl sites for hydroxylation is 1. The number of hydrogen-bond acceptors (Lipinski definition) is 2. The maximum atomic E-state index is 5.94. The van der Waals surface area contributed by atoms with E-state index in [1.807, 2.05) is 12.3 Å². The molecule has 1 aromatic rings. The van der Waals surface area contributed by atoms with Crippen molar-refractivity contribution in [3.05, 3.63) is 29.6 Å². The third-order valence-electron chi connectivity index (χ3n) is 4.09. The Morgan fingerprint density at radius 2 is 2.25 bits per heavy atom. The number of hydrogen-bond donors (Lipinski definition) is 2. The fraction of sp³-hybridized carbons (Fsp3) is 0.625. The summed E-state index contributed by atoms with van der Waals surface area (Å²) in [5.74, 6) is 1.34. The predicted molar refractivity (Wildman–Crippen MR) is 83.8 cm³/mol. The van der Waals surface area contributed by atoms with E-state index in [1.165, 1.54) is 24.8 Å². The Morgan fingerprint density at radius 3 is 2.85 bits per heavy atom. The van der Waals surface area contributed by atoms with Crippen LogP contribution in [0, 0.1) is 12.8 Å². The average molecular weight is 274 g/mol. The van der Waals surface area contributed by atoms with Gasteiger partial charge in [0.1, 0.15) is 0 Å². The molecule has 0 unspecified atom stereocenters. The number of aliphatic imine (C=N–C) groups is 1. The molecule has 4 heteroatoms. The predicted octanol–water partition coefficient (Wildman–Crippen LogP) is 2.37. The monoisotopic (exact) mass is 274 g/mol. The van der Waals surface area contributed by atoms with Gasteiger partial charge in [-0.15, -0.1) is 0 Å². The van der Waals surface area contributed by atoms with Crippen molar-refractivity contribution < 1.29 is 0 Å². The van der Waals surface area contributed by atoms with Gasteiger partial charge in [0, 0.05) is 18.2 Å². The van der Waals surface area contributed by atoms with Crippen LogP contribution in [0.5, 0.6) is 0 Å². The van der Waals surface area contributed by atoms with Crippen molar-refractivity contribution in [2.75, 3.05) is 13.1 Å². The molecule has 1 saturated carbocycles. The van der Waals surface area contributed by atoms with Crippen LogP contribution in [-0.4, -0.2) is 24.0 Å². The first-order chi connectivity index (χ1) is 9.49. The highest BCUT2D eigenvalue weighted by Gasteiger charge is 2.24. The van der Waals surface area contributed by atoms with Crippen LogP contribution in [0.2, 0.25) is 0 Å². The summed E-state index contributed by atoms with van der Waals surface area (Å²) in [7, 11) is 0. The Hall–Kier alpha value is -1.58. The molecule has 0 bridgehead atoms. The first-order valence-corrected chi connectivity index (χ1v) is 7.45. The number of nitrogens with one attached hydrogen (secondary N) is 1. The standard InChI is InChI=1S/C16H26N4/c1-12-6-5-9-18-14(12)16(2,3)11-20-15(17)19-10-13-7-4-8-13/h5-6,9,13H,4,7-8,10-11H2,1-3H3,(H3,17,19,20). The number of aromatic nitrogens is 1. The molecule has 0 atom stereocenters. The number of guanidine groups is 1. The molecule has 0 saturated heterocycles. The summed E-state index contributed by atoms with van der Waals surface area (Å²) >= 11 is 0. The summed E-state index contributed by atoms with van der Waals surface area (Å²) in [6.07, 6.45) is 5.83. The van der Waals surface area contributed by atoms with Crippen LogP contribution >= 0.6 is 0 Å². The zero-order valence-corrected chi connectivity index (χ0v) is 12.8. The SMILES string of the molecule is Cc1cccnc1C(C)(C)CN=C(N)NCC1CCC1. The average Bonchev–Trinajstić information content (AvgIpc) is 2.35. The van der Waals surface area contributed by atoms with Crippen molar-refractivity contribution in [3.63, 3.8) is 0 Å². The summed E-state index contributed by atoms with van der Waals surface area (Å²) in [5.41, 5.74) is 8.14. The van der Waals surface area contributed by atoms with Crippen LogP contribution in [0.15, 0.2) is 23.3 Å².